The standard InChI is InChI=1S/C16H29N3O4/c1-6-10(2)12(18-15(22)23-16(3,4)5)14(21)19-9-7-8-11(19)13(17)20/h10-12H,6-9H2,1-5H3,(H2,17,20)(H,18,22)/t10-,11+,12+/m0/s1. The number of rotatable bonds is 5. The van der Waals surface area contributed by atoms with Gasteiger partial charge in [-0.15, -0.1) is 0 Å². The zero-order valence-corrected chi connectivity index (χ0v) is 14.7. The van der Waals surface area contributed by atoms with Gasteiger partial charge in [0.1, 0.15) is 17.7 Å². The van der Waals surface area contributed by atoms with Crippen molar-refractivity contribution in [2.45, 2.75) is 71.6 Å². The molecule has 1 rings (SSSR count). The Kier molecular flexibility index (Phi) is 6.41. The first-order valence-electron chi connectivity index (χ1n) is 8.16. The van der Waals surface area contributed by atoms with E-state index in [9.17, 15) is 14.4 Å². The molecule has 0 aromatic heterocycles. The molecule has 1 saturated heterocycles. The van der Waals surface area contributed by atoms with Gasteiger partial charge in [0.2, 0.25) is 11.8 Å². The van der Waals surface area contributed by atoms with E-state index in [1.807, 2.05) is 13.8 Å². The Balaban J connectivity index is 2.87. The molecule has 0 spiro atoms. The molecule has 3 atom stereocenters. The van der Waals surface area contributed by atoms with Crippen LogP contribution in [0.15, 0.2) is 0 Å². The van der Waals surface area contributed by atoms with E-state index < -0.39 is 29.7 Å². The number of alkyl carbamates (subject to hydrolysis) is 1. The van der Waals surface area contributed by atoms with Gasteiger partial charge >= 0.3 is 6.09 Å². The minimum Gasteiger partial charge on any atom is -0.444 e. The molecule has 0 saturated carbocycles. The molecule has 0 aromatic carbocycles. The second-order valence-corrected chi connectivity index (χ2v) is 7.10. The maximum absolute atomic E-state index is 12.8. The molecule has 0 aromatic rings. The first kappa shape index (κ1) is 19.3. The highest BCUT2D eigenvalue weighted by Crippen LogP contribution is 2.21. The van der Waals surface area contributed by atoms with Gasteiger partial charge in [0.15, 0.2) is 0 Å². The Morgan fingerprint density at radius 1 is 1.35 bits per heavy atom. The Hall–Kier alpha value is -1.79. The van der Waals surface area contributed by atoms with Gasteiger partial charge in [-0.1, -0.05) is 20.3 Å². The monoisotopic (exact) mass is 327 g/mol. The highest BCUT2D eigenvalue weighted by Gasteiger charge is 2.38. The van der Waals surface area contributed by atoms with Gasteiger partial charge in [-0.25, -0.2) is 4.79 Å². The normalized spacial score (nSPS) is 20.7. The summed E-state index contributed by atoms with van der Waals surface area (Å²) >= 11 is 0. The molecule has 1 heterocycles. The summed E-state index contributed by atoms with van der Waals surface area (Å²) in [5, 5.41) is 2.66. The Bertz CT molecular complexity index is 459. The summed E-state index contributed by atoms with van der Waals surface area (Å²) < 4.78 is 5.24. The van der Waals surface area contributed by atoms with Crippen LogP contribution in [0.5, 0.6) is 0 Å². The van der Waals surface area contributed by atoms with Gasteiger partial charge in [-0.2, -0.15) is 0 Å². The fourth-order valence-electron chi connectivity index (χ4n) is 2.62. The summed E-state index contributed by atoms with van der Waals surface area (Å²) in [7, 11) is 0. The smallest absolute Gasteiger partial charge is 0.408 e. The van der Waals surface area contributed by atoms with Gasteiger partial charge in [-0.3, -0.25) is 9.59 Å². The lowest BCUT2D eigenvalue weighted by atomic mass is 9.97. The topological polar surface area (TPSA) is 102 Å². The number of amides is 3. The van der Waals surface area contributed by atoms with Crippen molar-refractivity contribution in [3.63, 3.8) is 0 Å². The second kappa shape index (κ2) is 7.66. The van der Waals surface area contributed by atoms with Gasteiger partial charge in [0.25, 0.3) is 0 Å². The fourth-order valence-corrected chi connectivity index (χ4v) is 2.62. The molecule has 7 heteroatoms. The number of hydrogen-bond donors (Lipinski definition) is 2. The first-order chi connectivity index (χ1) is 10.6. The van der Waals surface area contributed by atoms with Gasteiger partial charge < -0.3 is 20.7 Å². The van der Waals surface area contributed by atoms with Crippen molar-refractivity contribution in [1.82, 2.24) is 10.2 Å². The second-order valence-electron chi connectivity index (χ2n) is 7.10. The third kappa shape index (κ3) is 5.41. The predicted octanol–water partition coefficient (Wildman–Crippen LogP) is 1.40. The van der Waals surface area contributed by atoms with Crippen molar-refractivity contribution in [2.24, 2.45) is 11.7 Å². The molecule has 23 heavy (non-hydrogen) atoms. The summed E-state index contributed by atoms with van der Waals surface area (Å²) in [5.74, 6) is -0.855. The van der Waals surface area contributed by atoms with E-state index >= 15 is 0 Å². The number of primary amides is 1. The molecule has 0 aliphatic carbocycles. The van der Waals surface area contributed by atoms with E-state index in [2.05, 4.69) is 5.32 Å². The molecule has 132 valence electrons. The number of nitrogens with one attached hydrogen (secondary N) is 1. The Labute approximate surface area is 137 Å². The van der Waals surface area contributed by atoms with Crippen LogP contribution in [0.4, 0.5) is 4.79 Å². The molecule has 1 fully saturated rings. The molecular formula is C16H29N3O4. The molecule has 0 radical (unpaired) electrons. The Morgan fingerprint density at radius 2 is 1.96 bits per heavy atom. The molecule has 0 unspecified atom stereocenters. The lowest BCUT2D eigenvalue weighted by molar-refractivity contribution is -0.140. The number of carbonyl (C=O) groups excluding carboxylic acids is 3. The van der Waals surface area contributed by atoms with E-state index in [4.69, 9.17) is 10.5 Å². The minimum atomic E-state index is -0.727. The number of carbonyl (C=O) groups is 3. The van der Waals surface area contributed by atoms with Crippen LogP contribution < -0.4 is 11.1 Å². The molecule has 3 amide bonds. The largest absolute Gasteiger partial charge is 0.444 e. The van der Waals surface area contributed by atoms with E-state index in [0.29, 0.717) is 19.4 Å². The van der Waals surface area contributed by atoms with Crippen LogP contribution in [0.25, 0.3) is 0 Å². The summed E-state index contributed by atoms with van der Waals surface area (Å²) in [6.45, 7) is 9.59. The minimum absolute atomic E-state index is 0.0795. The lowest BCUT2D eigenvalue weighted by Crippen LogP contribution is -2.55. The highest BCUT2D eigenvalue weighted by atomic mass is 16.6. The Morgan fingerprint density at radius 3 is 2.43 bits per heavy atom. The van der Waals surface area contributed by atoms with E-state index in [-0.39, 0.29) is 11.8 Å². The van der Waals surface area contributed by atoms with Crippen molar-refractivity contribution >= 4 is 17.9 Å². The van der Waals surface area contributed by atoms with E-state index in [1.165, 1.54) is 4.90 Å². The predicted molar refractivity (Wildman–Crippen MR) is 86.5 cm³/mol. The first-order valence-corrected chi connectivity index (χ1v) is 8.16. The summed E-state index contributed by atoms with van der Waals surface area (Å²) in [4.78, 5) is 37.8. The molecule has 0 bridgehead atoms. The molecule has 3 N–H and O–H groups in total. The fraction of sp³-hybridized carbons (Fsp3) is 0.812. The zero-order valence-electron chi connectivity index (χ0n) is 14.7. The SMILES string of the molecule is CC[C@H](C)[C@@H](NC(=O)OC(C)(C)C)C(=O)N1CCC[C@@H]1C(N)=O. The number of hydrogen-bond acceptors (Lipinski definition) is 4. The lowest BCUT2D eigenvalue weighted by Gasteiger charge is -2.31. The van der Waals surface area contributed by atoms with Crippen molar-refractivity contribution in [3.05, 3.63) is 0 Å². The maximum atomic E-state index is 12.8. The van der Waals surface area contributed by atoms with Crippen LogP contribution in [-0.2, 0) is 14.3 Å². The zero-order chi connectivity index (χ0) is 17.8. The van der Waals surface area contributed by atoms with Crippen LogP contribution in [0.3, 0.4) is 0 Å². The van der Waals surface area contributed by atoms with E-state index in [1.54, 1.807) is 20.8 Å². The van der Waals surface area contributed by atoms with Crippen LogP contribution in [0.1, 0.15) is 53.9 Å². The molecule has 7 nitrogen and oxygen atoms in total. The number of nitrogens with zero attached hydrogens (tertiary/aromatic N) is 1. The average Bonchev–Trinajstić information content (AvgIpc) is 2.90. The number of ether oxygens (including phenoxy) is 1. The molecule has 1 aliphatic rings. The van der Waals surface area contributed by atoms with Crippen molar-refractivity contribution < 1.29 is 19.1 Å². The van der Waals surface area contributed by atoms with Crippen LogP contribution in [-0.4, -0.2) is 47.0 Å². The van der Waals surface area contributed by atoms with Crippen molar-refractivity contribution in [2.75, 3.05) is 6.54 Å². The van der Waals surface area contributed by atoms with Crippen LogP contribution >= 0.6 is 0 Å². The third-order valence-electron chi connectivity index (χ3n) is 4.02. The summed E-state index contributed by atoms with van der Waals surface area (Å²) in [5.41, 5.74) is 4.73. The molecular weight excluding hydrogens is 298 g/mol. The van der Waals surface area contributed by atoms with Crippen molar-refractivity contribution in [3.8, 4) is 0 Å². The average molecular weight is 327 g/mol. The molecule has 1 aliphatic heterocycles. The van der Waals surface area contributed by atoms with Gasteiger partial charge in [0.05, 0.1) is 0 Å². The van der Waals surface area contributed by atoms with E-state index in [0.717, 1.165) is 6.42 Å². The third-order valence-corrected chi connectivity index (χ3v) is 4.02. The van der Waals surface area contributed by atoms with Gasteiger partial charge in [-0.05, 0) is 39.5 Å². The van der Waals surface area contributed by atoms with Crippen LogP contribution in [0, 0.1) is 5.92 Å². The highest BCUT2D eigenvalue weighted by molar-refractivity contribution is 5.91. The van der Waals surface area contributed by atoms with Crippen molar-refractivity contribution in [1.29, 1.82) is 0 Å². The number of nitrogens with two attached hydrogens (primary N) is 1. The quantitative estimate of drug-likeness (QED) is 0.797. The van der Waals surface area contributed by atoms with Crippen LogP contribution in [0.2, 0.25) is 0 Å². The maximum Gasteiger partial charge on any atom is 0.408 e. The number of likely N-dealkylation sites (tertiary alicyclic amines) is 1. The van der Waals surface area contributed by atoms with Gasteiger partial charge in [0, 0.05) is 6.54 Å². The summed E-state index contributed by atoms with van der Waals surface area (Å²) in [6.07, 6.45) is 1.38. The summed E-state index contributed by atoms with van der Waals surface area (Å²) in [6, 6.07) is -1.32.